The number of amides is 3. The number of benzene rings is 1. The van der Waals surface area contributed by atoms with E-state index in [4.69, 9.17) is 4.74 Å². The van der Waals surface area contributed by atoms with Gasteiger partial charge in [0.1, 0.15) is 12.3 Å². The highest BCUT2D eigenvalue weighted by atomic mass is 16.5. The average molecular weight is 272 g/mol. The van der Waals surface area contributed by atoms with Crippen LogP contribution in [0.5, 0.6) is 5.75 Å². The van der Waals surface area contributed by atoms with Gasteiger partial charge in [-0.1, -0.05) is 0 Å². The van der Waals surface area contributed by atoms with E-state index in [2.05, 4.69) is 10.3 Å². The van der Waals surface area contributed by atoms with Gasteiger partial charge in [0, 0.05) is 23.6 Å². The Hall–Kier alpha value is -2.50. The largest absolute Gasteiger partial charge is 0.497 e. The number of nitrogens with zero attached hydrogens (tertiary/aromatic N) is 1. The van der Waals surface area contributed by atoms with Gasteiger partial charge in [-0.2, -0.15) is 0 Å². The maximum absolute atomic E-state index is 11.4. The van der Waals surface area contributed by atoms with Crippen molar-refractivity contribution in [3.63, 3.8) is 0 Å². The van der Waals surface area contributed by atoms with Gasteiger partial charge in [0.05, 0.1) is 7.11 Å². The molecule has 3 amide bonds. The molecule has 2 aromatic rings. The molecule has 1 aromatic carbocycles. The highest BCUT2D eigenvalue weighted by Crippen LogP contribution is 2.24. The summed E-state index contributed by atoms with van der Waals surface area (Å²) in [5, 5.41) is 3.28. The molecule has 2 heterocycles. The Bertz CT molecular complexity index is 677. The second kappa shape index (κ2) is 4.88. The predicted molar refractivity (Wildman–Crippen MR) is 73.1 cm³/mol. The summed E-state index contributed by atoms with van der Waals surface area (Å²) in [5.74, 6) is 0.426. The SMILES string of the molecule is COc1ccc2[nH]cc(CCN3[CH]C(=O)NC3=O)c2c1. The monoisotopic (exact) mass is 272 g/mol. The first-order valence-corrected chi connectivity index (χ1v) is 6.28. The molecule has 2 N–H and O–H groups in total. The Morgan fingerprint density at radius 1 is 1.30 bits per heavy atom. The summed E-state index contributed by atoms with van der Waals surface area (Å²) in [5.41, 5.74) is 2.10. The number of aromatic amines is 1. The minimum absolute atomic E-state index is 0.365. The number of hydrogen-bond donors (Lipinski definition) is 2. The fraction of sp³-hybridized carbons (Fsp3) is 0.214. The quantitative estimate of drug-likeness (QED) is 0.827. The van der Waals surface area contributed by atoms with E-state index < -0.39 is 0 Å². The number of H-pyrrole nitrogens is 1. The molecule has 1 saturated heterocycles. The third-order valence-corrected chi connectivity index (χ3v) is 3.36. The molecule has 0 bridgehead atoms. The molecule has 6 heteroatoms. The highest BCUT2D eigenvalue weighted by molar-refractivity contribution is 6.05. The zero-order chi connectivity index (χ0) is 14.1. The van der Waals surface area contributed by atoms with Crippen molar-refractivity contribution < 1.29 is 14.3 Å². The Morgan fingerprint density at radius 3 is 2.85 bits per heavy atom. The highest BCUT2D eigenvalue weighted by Gasteiger charge is 2.26. The summed E-state index contributed by atoms with van der Waals surface area (Å²) >= 11 is 0. The van der Waals surface area contributed by atoms with Crippen LogP contribution in [0.1, 0.15) is 5.56 Å². The van der Waals surface area contributed by atoms with Crippen LogP contribution in [0.3, 0.4) is 0 Å². The number of fused-ring (bicyclic) bond motifs is 1. The second-order valence-electron chi connectivity index (χ2n) is 4.59. The van der Waals surface area contributed by atoms with Crippen molar-refractivity contribution in [2.75, 3.05) is 13.7 Å². The molecule has 103 valence electrons. The molecule has 1 aliphatic rings. The Balaban J connectivity index is 1.77. The third kappa shape index (κ3) is 2.20. The minimum Gasteiger partial charge on any atom is -0.497 e. The molecule has 20 heavy (non-hydrogen) atoms. The second-order valence-corrected chi connectivity index (χ2v) is 4.59. The van der Waals surface area contributed by atoms with Crippen molar-refractivity contribution in [3.05, 3.63) is 36.5 Å². The number of hydrogen-bond acceptors (Lipinski definition) is 3. The summed E-state index contributed by atoms with van der Waals surface area (Å²) in [6.07, 6.45) is 2.57. The number of nitrogens with one attached hydrogen (secondary N) is 2. The molecule has 0 atom stereocenters. The first kappa shape index (κ1) is 12.5. The van der Waals surface area contributed by atoms with E-state index >= 15 is 0 Å². The number of urea groups is 1. The molecule has 1 fully saturated rings. The summed E-state index contributed by atoms with van der Waals surface area (Å²) in [7, 11) is 1.63. The summed E-state index contributed by atoms with van der Waals surface area (Å²) in [6, 6.07) is 5.44. The Morgan fingerprint density at radius 2 is 2.15 bits per heavy atom. The fourth-order valence-electron chi connectivity index (χ4n) is 2.31. The lowest BCUT2D eigenvalue weighted by molar-refractivity contribution is -0.116. The maximum atomic E-state index is 11.4. The van der Waals surface area contributed by atoms with Gasteiger partial charge in [0.15, 0.2) is 0 Å². The van der Waals surface area contributed by atoms with Gasteiger partial charge >= 0.3 is 6.03 Å². The number of imide groups is 1. The van der Waals surface area contributed by atoms with Gasteiger partial charge in [0.2, 0.25) is 0 Å². The number of aromatic nitrogens is 1. The van der Waals surface area contributed by atoms with Crippen LogP contribution in [0.4, 0.5) is 4.79 Å². The third-order valence-electron chi connectivity index (χ3n) is 3.36. The number of methoxy groups -OCH3 is 1. The molecule has 3 rings (SSSR count). The molecular weight excluding hydrogens is 258 g/mol. The van der Waals surface area contributed by atoms with Gasteiger partial charge in [-0.25, -0.2) is 4.79 Å². The van der Waals surface area contributed by atoms with Gasteiger partial charge in [-0.3, -0.25) is 10.1 Å². The van der Waals surface area contributed by atoms with E-state index in [-0.39, 0.29) is 11.9 Å². The Kier molecular flexibility index (Phi) is 3.06. The number of rotatable bonds is 4. The predicted octanol–water partition coefficient (Wildman–Crippen LogP) is 1.43. The van der Waals surface area contributed by atoms with Crippen LogP contribution in [-0.4, -0.2) is 35.5 Å². The zero-order valence-corrected chi connectivity index (χ0v) is 11.0. The van der Waals surface area contributed by atoms with Crippen LogP contribution < -0.4 is 10.1 Å². The fourth-order valence-corrected chi connectivity index (χ4v) is 2.31. The van der Waals surface area contributed by atoms with E-state index in [1.807, 2.05) is 24.4 Å². The number of ether oxygens (including phenoxy) is 1. The van der Waals surface area contributed by atoms with Crippen molar-refractivity contribution in [1.29, 1.82) is 0 Å². The number of carbonyl (C=O) groups excluding carboxylic acids is 2. The normalized spacial score (nSPS) is 14.9. The molecule has 1 radical (unpaired) electrons. The summed E-state index contributed by atoms with van der Waals surface area (Å²) < 4.78 is 5.22. The zero-order valence-electron chi connectivity index (χ0n) is 11.0. The van der Waals surface area contributed by atoms with Crippen LogP contribution >= 0.6 is 0 Å². The average Bonchev–Trinajstić information content (AvgIpc) is 2.98. The van der Waals surface area contributed by atoms with Crippen molar-refractivity contribution in [2.45, 2.75) is 6.42 Å². The molecule has 0 aliphatic carbocycles. The van der Waals surface area contributed by atoms with Gasteiger partial charge in [-0.15, -0.1) is 0 Å². The smallest absolute Gasteiger partial charge is 0.324 e. The molecule has 0 unspecified atom stereocenters. The lowest BCUT2D eigenvalue weighted by atomic mass is 10.1. The number of carbonyl (C=O) groups is 2. The molecule has 0 saturated carbocycles. The first-order chi connectivity index (χ1) is 9.67. The maximum Gasteiger partial charge on any atom is 0.324 e. The molecular formula is C14H14N3O3. The van der Waals surface area contributed by atoms with E-state index in [1.54, 1.807) is 7.11 Å². The van der Waals surface area contributed by atoms with E-state index in [1.165, 1.54) is 11.4 Å². The molecule has 0 spiro atoms. The summed E-state index contributed by atoms with van der Waals surface area (Å²) in [6.45, 7) is 1.75. The van der Waals surface area contributed by atoms with Gasteiger partial charge < -0.3 is 14.6 Å². The van der Waals surface area contributed by atoms with E-state index in [0.29, 0.717) is 13.0 Å². The lowest BCUT2D eigenvalue weighted by Gasteiger charge is -2.11. The standard InChI is InChI=1S/C14H14N3O3/c1-20-10-2-3-12-11(6-10)9(7-15-12)4-5-17-8-13(18)16-14(17)19/h2-3,6-8,15H,4-5H2,1H3,(H,16,18,19). The van der Waals surface area contributed by atoms with Crippen LogP contribution in [0.15, 0.2) is 24.4 Å². The van der Waals surface area contributed by atoms with Crippen molar-refractivity contribution in [3.8, 4) is 5.75 Å². The van der Waals surface area contributed by atoms with E-state index in [9.17, 15) is 9.59 Å². The van der Waals surface area contributed by atoms with Crippen LogP contribution in [0.25, 0.3) is 10.9 Å². The minimum atomic E-state index is -0.368. The van der Waals surface area contributed by atoms with Crippen molar-refractivity contribution in [2.24, 2.45) is 0 Å². The van der Waals surface area contributed by atoms with Crippen molar-refractivity contribution >= 4 is 22.8 Å². The Labute approximate surface area is 115 Å². The molecule has 6 nitrogen and oxygen atoms in total. The van der Waals surface area contributed by atoms with Crippen LogP contribution in [0, 0.1) is 6.54 Å². The first-order valence-electron chi connectivity index (χ1n) is 6.28. The van der Waals surface area contributed by atoms with Crippen molar-refractivity contribution in [1.82, 2.24) is 15.2 Å². The summed E-state index contributed by atoms with van der Waals surface area (Å²) in [4.78, 5) is 27.1. The lowest BCUT2D eigenvalue weighted by Crippen LogP contribution is -2.28. The van der Waals surface area contributed by atoms with Crippen LogP contribution in [0.2, 0.25) is 0 Å². The molecule has 1 aromatic heterocycles. The molecule has 1 aliphatic heterocycles. The van der Waals surface area contributed by atoms with Gasteiger partial charge in [0.25, 0.3) is 5.91 Å². The van der Waals surface area contributed by atoms with E-state index in [0.717, 1.165) is 22.2 Å². The van der Waals surface area contributed by atoms with Crippen LogP contribution in [-0.2, 0) is 11.2 Å². The topological polar surface area (TPSA) is 74.4 Å². The van der Waals surface area contributed by atoms with Gasteiger partial charge in [-0.05, 0) is 30.2 Å².